The molecule has 0 spiro atoms. The standard InChI is InChI=1S/C24H28N2O2/c1-17-7-5-6-10-22(17)25-23(27)20-16-21(20)24(28)26-13-11-19(12-14-26)15-18-8-3-2-4-9-18/h2-10,19-21H,11-16H2,1H3,(H,25,27). The molecule has 4 nitrogen and oxygen atoms in total. The zero-order valence-electron chi connectivity index (χ0n) is 16.4. The molecule has 2 aliphatic rings. The molecule has 1 saturated carbocycles. The third-order valence-corrected chi connectivity index (χ3v) is 6.14. The summed E-state index contributed by atoms with van der Waals surface area (Å²) in [6, 6.07) is 18.3. The Morgan fingerprint density at radius 3 is 2.36 bits per heavy atom. The first-order valence-corrected chi connectivity index (χ1v) is 10.3. The Bertz CT molecular complexity index is 841. The minimum Gasteiger partial charge on any atom is -0.342 e. The molecule has 28 heavy (non-hydrogen) atoms. The normalized spacial score (nSPS) is 22.0. The predicted molar refractivity (Wildman–Crippen MR) is 111 cm³/mol. The number of carbonyl (C=O) groups excluding carboxylic acids is 2. The summed E-state index contributed by atoms with van der Waals surface area (Å²) in [5.74, 6) is 0.490. The van der Waals surface area contributed by atoms with E-state index in [-0.39, 0.29) is 23.7 Å². The molecule has 2 aromatic rings. The second-order valence-electron chi connectivity index (χ2n) is 8.21. The highest BCUT2D eigenvalue weighted by atomic mass is 16.2. The van der Waals surface area contributed by atoms with Gasteiger partial charge in [-0.1, -0.05) is 48.5 Å². The highest BCUT2D eigenvalue weighted by molar-refractivity contribution is 5.99. The summed E-state index contributed by atoms with van der Waals surface area (Å²) in [5, 5.41) is 2.98. The van der Waals surface area contributed by atoms with Gasteiger partial charge in [-0.05, 0) is 55.7 Å². The zero-order chi connectivity index (χ0) is 19.5. The third-order valence-electron chi connectivity index (χ3n) is 6.14. The number of rotatable bonds is 5. The number of piperidine rings is 1. The molecular weight excluding hydrogens is 348 g/mol. The molecule has 2 fully saturated rings. The van der Waals surface area contributed by atoms with Crippen LogP contribution >= 0.6 is 0 Å². The second-order valence-corrected chi connectivity index (χ2v) is 8.21. The fraction of sp³-hybridized carbons (Fsp3) is 0.417. The SMILES string of the molecule is Cc1ccccc1NC(=O)C1CC1C(=O)N1CCC(Cc2ccccc2)CC1. The summed E-state index contributed by atoms with van der Waals surface area (Å²) in [6.07, 6.45) is 3.87. The Morgan fingerprint density at radius 1 is 0.964 bits per heavy atom. The molecule has 4 heteroatoms. The molecule has 2 amide bonds. The molecule has 2 aromatic carbocycles. The molecular formula is C24H28N2O2. The van der Waals surface area contributed by atoms with Gasteiger partial charge in [-0.3, -0.25) is 9.59 Å². The molecule has 0 aromatic heterocycles. The van der Waals surface area contributed by atoms with Gasteiger partial charge in [-0.25, -0.2) is 0 Å². The number of likely N-dealkylation sites (tertiary alicyclic amines) is 1. The lowest BCUT2D eigenvalue weighted by Gasteiger charge is -2.32. The van der Waals surface area contributed by atoms with E-state index in [0.29, 0.717) is 12.3 Å². The van der Waals surface area contributed by atoms with E-state index in [9.17, 15) is 9.59 Å². The van der Waals surface area contributed by atoms with E-state index in [0.717, 1.165) is 43.6 Å². The predicted octanol–water partition coefficient (Wildman–Crippen LogP) is 4.05. The minimum absolute atomic E-state index is 0.0217. The van der Waals surface area contributed by atoms with Gasteiger partial charge in [-0.15, -0.1) is 0 Å². The number of aryl methyl sites for hydroxylation is 1. The van der Waals surface area contributed by atoms with Crippen molar-refractivity contribution in [2.45, 2.75) is 32.6 Å². The molecule has 146 valence electrons. The van der Waals surface area contributed by atoms with Gasteiger partial charge in [0.05, 0.1) is 11.8 Å². The van der Waals surface area contributed by atoms with E-state index in [1.165, 1.54) is 5.56 Å². The van der Waals surface area contributed by atoms with Crippen LogP contribution in [0.1, 0.15) is 30.4 Å². The average molecular weight is 377 g/mol. The third kappa shape index (κ3) is 4.27. The number of para-hydroxylation sites is 1. The van der Waals surface area contributed by atoms with Gasteiger partial charge >= 0.3 is 0 Å². The van der Waals surface area contributed by atoms with Gasteiger partial charge in [0, 0.05) is 18.8 Å². The summed E-state index contributed by atoms with van der Waals surface area (Å²) in [7, 11) is 0. The quantitative estimate of drug-likeness (QED) is 0.856. The first-order valence-electron chi connectivity index (χ1n) is 10.3. The Morgan fingerprint density at radius 2 is 1.64 bits per heavy atom. The van der Waals surface area contributed by atoms with E-state index < -0.39 is 0 Å². The molecule has 2 unspecified atom stereocenters. The Hall–Kier alpha value is -2.62. The van der Waals surface area contributed by atoms with Crippen LogP contribution < -0.4 is 5.32 Å². The maximum absolute atomic E-state index is 12.8. The van der Waals surface area contributed by atoms with Crippen LogP contribution in [-0.2, 0) is 16.0 Å². The monoisotopic (exact) mass is 376 g/mol. The number of nitrogens with one attached hydrogen (secondary N) is 1. The topological polar surface area (TPSA) is 49.4 Å². The van der Waals surface area contributed by atoms with Crippen molar-refractivity contribution in [1.29, 1.82) is 0 Å². The van der Waals surface area contributed by atoms with Crippen molar-refractivity contribution in [3.05, 3.63) is 65.7 Å². The molecule has 2 atom stereocenters. The van der Waals surface area contributed by atoms with Gasteiger partial charge < -0.3 is 10.2 Å². The van der Waals surface area contributed by atoms with Gasteiger partial charge in [0.1, 0.15) is 0 Å². The molecule has 1 N–H and O–H groups in total. The van der Waals surface area contributed by atoms with Crippen LogP contribution in [0.3, 0.4) is 0 Å². The lowest BCUT2D eigenvalue weighted by atomic mass is 9.90. The Labute approximate surface area is 166 Å². The van der Waals surface area contributed by atoms with Crippen molar-refractivity contribution in [2.75, 3.05) is 18.4 Å². The van der Waals surface area contributed by atoms with E-state index >= 15 is 0 Å². The van der Waals surface area contributed by atoms with Gasteiger partial charge in [-0.2, -0.15) is 0 Å². The van der Waals surface area contributed by atoms with Gasteiger partial charge in [0.25, 0.3) is 0 Å². The Kier molecular flexibility index (Phi) is 5.47. The molecule has 0 bridgehead atoms. The molecule has 1 aliphatic heterocycles. The molecule has 1 aliphatic carbocycles. The lowest BCUT2D eigenvalue weighted by molar-refractivity contribution is -0.135. The summed E-state index contributed by atoms with van der Waals surface area (Å²) in [4.78, 5) is 27.3. The molecule has 1 saturated heterocycles. The molecule has 1 heterocycles. The van der Waals surface area contributed by atoms with E-state index in [4.69, 9.17) is 0 Å². The van der Waals surface area contributed by atoms with Crippen molar-refractivity contribution in [3.63, 3.8) is 0 Å². The van der Waals surface area contributed by atoms with Crippen molar-refractivity contribution in [2.24, 2.45) is 17.8 Å². The summed E-state index contributed by atoms with van der Waals surface area (Å²) in [6.45, 7) is 3.61. The van der Waals surface area contributed by atoms with Crippen LogP contribution in [0.5, 0.6) is 0 Å². The molecule has 0 radical (unpaired) electrons. The van der Waals surface area contributed by atoms with Crippen molar-refractivity contribution < 1.29 is 9.59 Å². The number of carbonyl (C=O) groups is 2. The lowest BCUT2D eigenvalue weighted by Crippen LogP contribution is -2.40. The number of anilines is 1. The highest BCUT2D eigenvalue weighted by Crippen LogP contribution is 2.41. The van der Waals surface area contributed by atoms with Crippen LogP contribution in [0.4, 0.5) is 5.69 Å². The first kappa shape index (κ1) is 18.7. The highest BCUT2D eigenvalue weighted by Gasteiger charge is 2.49. The van der Waals surface area contributed by atoms with E-state index in [1.54, 1.807) is 0 Å². The summed E-state index contributed by atoms with van der Waals surface area (Å²) < 4.78 is 0. The van der Waals surface area contributed by atoms with E-state index in [2.05, 4.69) is 29.6 Å². The van der Waals surface area contributed by atoms with Crippen molar-refractivity contribution in [1.82, 2.24) is 4.90 Å². The smallest absolute Gasteiger partial charge is 0.228 e. The van der Waals surface area contributed by atoms with Crippen LogP contribution in [0.15, 0.2) is 54.6 Å². The van der Waals surface area contributed by atoms with Gasteiger partial charge in [0.2, 0.25) is 11.8 Å². The Balaban J connectivity index is 1.25. The fourth-order valence-electron chi connectivity index (χ4n) is 4.24. The number of nitrogens with zero attached hydrogens (tertiary/aromatic N) is 1. The second kappa shape index (κ2) is 8.17. The fourth-order valence-corrected chi connectivity index (χ4v) is 4.24. The minimum atomic E-state index is -0.172. The maximum atomic E-state index is 12.8. The first-order chi connectivity index (χ1) is 13.6. The van der Waals surface area contributed by atoms with Crippen LogP contribution in [0.2, 0.25) is 0 Å². The molecule has 4 rings (SSSR count). The zero-order valence-corrected chi connectivity index (χ0v) is 16.4. The van der Waals surface area contributed by atoms with Crippen LogP contribution in [0.25, 0.3) is 0 Å². The summed E-state index contributed by atoms with van der Waals surface area (Å²) >= 11 is 0. The maximum Gasteiger partial charge on any atom is 0.228 e. The van der Waals surface area contributed by atoms with Crippen LogP contribution in [-0.4, -0.2) is 29.8 Å². The van der Waals surface area contributed by atoms with Crippen LogP contribution in [0, 0.1) is 24.7 Å². The van der Waals surface area contributed by atoms with Gasteiger partial charge in [0.15, 0.2) is 0 Å². The number of hydrogen-bond acceptors (Lipinski definition) is 2. The average Bonchev–Trinajstić information content (AvgIpc) is 3.52. The number of amides is 2. The number of hydrogen-bond donors (Lipinski definition) is 1. The largest absolute Gasteiger partial charge is 0.342 e. The number of benzene rings is 2. The van der Waals surface area contributed by atoms with Crippen molar-refractivity contribution in [3.8, 4) is 0 Å². The van der Waals surface area contributed by atoms with E-state index in [1.807, 2.05) is 42.2 Å². The summed E-state index contributed by atoms with van der Waals surface area (Å²) in [5.41, 5.74) is 3.26. The van der Waals surface area contributed by atoms with Crippen molar-refractivity contribution >= 4 is 17.5 Å².